The maximum Gasteiger partial charge on any atom is 0.205 e. The van der Waals surface area contributed by atoms with E-state index in [2.05, 4.69) is 15.3 Å². The van der Waals surface area contributed by atoms with E-state index < -0.39 is 5.13 Å². The molecule has 1 heterocycles. The molecular weight excluding hydrogens is 309 g/mol. The van der Waals surface area contributed by atoms with E-state index in [0.29, 0.717) is 28.2 Å². The van der Waals surface area contributed by atoms with Gasteiger partial charge in [0.2, 0.25) is 5.13 Å². The highest BCUT2D eigenvalue weighted by Gasteiger charge is 2.24. The van der Waals surface area contributed by atoms with Gasteiger partial charge in [-0.25, -0.2) is 14.4 Å². The number of phenolic OH excluding ortho intramolecular Hbond substituents is 1. The Morgan fingerprint density at radius 3 is 2.91 bits per heavy atom. The van der Waals surface area contributed by atoms with E-state index in [9.17, 15) is 9.50 Å². The lowest BCUT2D eigenvalue weighted by Gasteiger charge is -2.18. The van der Waals surface area contributed by atoms with E-state index in [1.165, 1.54) is 25.6 Å². The van der Waals surface area contributed by atoms with E-state index >= 15 is 0 Å². The average Bonchev–Trinajstić information content (AvgIpc) is 2.49. The van der Waals surface area contributed by atoms with Gasteiger partial charge in [0.25, 0.3) is 0 Å². The highest BCUT2D eigenvalue weighted by molar-refractivity contribution is 6.24. The molecule has 114 valence electrons. The van der Waals surface area contributed by atoms with Gasteiger partial charge in [0, 0.05) is 23.6 Å². The number of phenols is 1. The topological polar surface area (TPSA) is 67.3 Å². The van der Waals surface area contributed by atoms with Crippen molar-refractivity contribution in [1.82, 2.24) is 9.97 Å². The highest BCUT2D eigenvalue weighted by Crippen LogP contribution is 2.34. The lowest BCUT2D eigenvalue weighted by atomic mass is 10.1. The monoisotopic (exact) mass is 321 g/mol. The van der Waals surface area contributed by atoms with Gasteiger partial charge in [-0.15, -0.1) is 0 Å². The number of ether oxygens (including phenoxy) is 1. The Morgan fingerprint density at radius 1 is 1.41 bits per heavy atom. The van der Waals surface area contributed by atoms with Gasteiger partial charge < -0.3 is 15.2 Å². The summed E-state index contributed by atoms with van der Waals surface area (Å²) in [7, 11) is 1.46. The SMILES string of the molecule is COc1cc2c(NC3=CCC(F)(Cl)C=C3)ncnc2cc1O. The molecule has 0 bridgehead atoms. The van der Waals surface area contributed by atoms with E-state index in [1.807, 2.05) is 0 Å². The fraction of sp³-hybridized carbons (Fsp3) is 0.200. The van der Waals surface area contributed by atoms with Gasteiger partial charge >= 0.3 is 0 Å². The molecule has 1 aromatic heterocycles. The van der Waals surface area contributed by atoms with Crippen LogP contribution in [0.4, 0.5) is 10.2 Å². The summed E-state index contributed by atoms with van der Waals surface area (Å²) in [6, 6.07) is 3.14. The van der Waals surface area contributed by atoms with Crippen LogP contribution >= 0.6 is 11.6 Å². The minimum absolute atomic E-state index is 0.000723. The van der Waals surface area contributed by atoms with Crippen LogP contribution in [0.5, 0.6) is 11.5 Å². The molecule has 1 atom stereocenters. The second kappa shape index (κ2) is 5.46. The van der Waals surface area contributed by atoms with Crippen molar-refractivity contribution < 1.29 is 14.2 Å². The first kappa shape index (κ1) is 14.6. The maximum absolute atomic E-state index is 13.5. The third-order valence-electron chi connectivity index (χ3n) is 3.30. The molecule has 0 spiro atoms. The molecule has 1 aliphatic rings. The number of anilines is 1. The van der Waals surface area contributed by atoms with Crippen molar-refractivity contribution in [2.24, 2.45) is 0 Å². The molecule has 2 N–H and O–H groups in total. The fourth-order valence-corrected chi connectivity index (χ4v) is 2.30. The molecule has 2 aromatic rings. The number of hydrogen-bond donors (Lipinski definition) is 2. The van der Waals surface area contributed by atoms with Crippen LogP contribution in [0.1, 0.15) is 6.42 Å². The fourth-order valence-electron chi connectivity index (χ4n) is 2.16. The van der Waals surface area contributed by atoms with Crippen molar-refractivity contribution in [2.75, 3.05) is 12.4 Å². The van der Waals surface area contributed by atoms with Crippen LogP contribution in [-0.4, -0.2) is 27.3 Å². The van der Waals surface area contributed by atoms with Crippen molar-refractivity contribution in [1.29, 1.82) is 0 Å². The van der Waals surface area contributed by atoms with Gasteiger partial charge in [-0.05, 0) is 18.2 Å². The molecule has 0 aliphatic heterocycles. The van der Waals surface area contributed by atoms with Crippen LogP contribution in [-0.2, 0) is 0 Å². The molecule has 0 radical (unpaired) electrons. The van der Waals surface area contributed by atoms with Gasteiger partial charge in [-0.1, -0.05) is 17.7 Å². The normalized spacial score (nSPS) is 20.8. The number of alkyl halides is 2. The third-order valence-corrected chi connectivity index (χ3v) is 3.58. The number of halogens is 2. The summed E-state index contributed by atoms with van der Waals surface area (Å²) in [5.41, 5.74) is 1.24. The van der Waals surface area contributed by atoms with Crippen LogP contribution in [0.3, 0.4) is 0 Å². The van der Waals surface area contributed by atoms with Crippen LogP contribution in [0.25, 0.3) is 10.9 Å². The zero-order chi connectivity index (χ0) is 15.7. The van der Waals surface area contributed by atoms with Crippen LogP contribution in [0.15, 0.2) is 42.4 Å². The van der Waals surface area contributed by atoms with Gasteiger partial charge in [-0.2, -0.15) is 0 Å². The van der Waals surface area contributed by atoms with Crippen molar-refractivity contribution in [2.45, 2.75) is 11.5 Å². The molecule has 1 aromatic carbocycles. The first-order valence-corrected chi connectivity index (χ1v) is 6.92. The molecule has 3 rings (SSSR count). The summed E-state index contributed by atoms with van der Waals surface area (Å²) >= 11 is 5.60. The lowest BCUT2D eigenvalue weighted by Crippen LogP contribution is -2.14. The predicted octanol–water partition coefficient (Wildman–Crippen LogP) is 3.50. The minimum Gasteiger partial charge on any atom is -0.504 e. The second-order valence-electron chi connectivity index (χ2n) is 4.85. The lowest BCUT2D eigenvalue weighted by molar-refractivity contribution is 0.347. The molecule has 0 fully saturated rings. The molecule has 0 amide bonds. The molecule has 1 unspecified atom stereocenters. The quantitative estimate of drug-likeness (QED) is 0.847. The maximum atomic E-state index is 13.5. The number of allylic oxidation sites excluding steroid dienone is 3. The van der Waals surface area contributed by atoms with Crippen LogP contribution in [0, 0.1) is 0 Å². The Hall–Kier alpha value is -2.34. The van der Waals surface area contributed by atoms with Crippen molar-refractivity contribution in [3.05, 3.63) is 42.4 Å². The number of rotatable bonds is 3. The Morgan fingerprint density at radius 2 is 2.23 bits per heavy atom. The second-order valence-corrected chi connectivity index (χ2v) is 5.47. The third kappa shape index (κ3) is 2.82. The Kier molecular flexibility index (Phi) is 3.62. The van der Waals surface area contributed by atoms with Crippen molar-refractivity contribution >= 4 is 28.3 Å². The Labute approximate surface area is 131 Å². The van der Waals surface area contributed by atoms with Gasteiger partial charge in [0.15, 0.2) is 11.5 Å². The number of hydrogen-bond acceptors (Lipinski definition) is 5. The van der Waals surface area contributed by atoms with Gasteiger partial charge in [-0.3, -0.25) is 0 Å². The van der Waals surface area contributed by atoms with Crippen molar-refractivity contribution in [3.63, 3.8) is 0 Å². The minimum atomic E-state index is -1.84. The Bertz CT molecular complexity index is 790. The molecule has 1 aliphatic carbocycles. The number of fused-ring (bicyclic) bond motifs is 1. The first-order valence-electron chi connectivity index (χ1n) is 6.54. The number of methoxy groups -OCH3 is 1. The summed E-state index contributed by atoms with van der Waals surface area (Å²) in [4.78, 5) is 8.29. The zero-order valence-corrected chi connectivity index (χ0v) is 12.4. The summed E-state index contributed by atoms with van der Waals surface area (Å²) in [6.07, 6.45) is 5.94. The molecule has 5 nitrogen and oxygen atoms in total. The number of nitrogens with zero attached hydrogens (tertiary/aromatic N) is 2. The predicted molar refractivity (Wildman–Crippen MR) is 82.9 cm³/mol. The molecule has 22 heavy (non-hydrogen) atoms. The summed E-state index contributed by atoms with van der Waals surface area (Å²) in [6.45, 7) is 0. The van der Waals surface area contributed by atoms with Crippen LogP contribution < -0.4 is 10.1 Å². The van der Waals surface area contributed by atoms with Gasteiger partial charge in [0.1, 0.15) is 12.1 Å². The standard InChI is InChI=1S/C15H13ClFN3O2/c1-22-13-6-10-11(7-12(13)21)18-8-19-14(10)20-9-2-4-15(16,17)5-3-9/h2-4,6-8,21H,5H2,1H3,(H,18,19,20). The molecule has 0 saturated carbocycles. The number of benzene rings is 1. The largest absolute Gasteiger partial charge is 0.504 e. The number of aromatic hydroxyl groups is 1. The summed E-state index contributed by atoms with van der Waals surface area (Å²) in [5, 5.41) is 11.7. The summed E-state index contributed by atoms with van der Waals surface area (Å²) in [5.74, 6) is 0.850. The first-order chi connectivity index (χ1) is 10.5. The van der Waals surface area contributed by atoms with E-state index in [4.69, 9.17) is 16.3 Å². The zero-order valence-electron chi connectivity index (χ0n) is 11.7. The summed E-state index contributed by atoms with van der Waals surface area (Å²) < 4.78 is 18.6. The van der Waals surface area contributed by atoms with Crippen molar-refractivity contribution in [3.8, 4) is 11.5 Å². The van der Waals surface area contributed by atoms with E-state index in [0.717, 1.165) is 0 Å². The average molecular weight is 322 g/mol. The molecule has 0 saturated heterocycles. The molecule has 7 heteroatoms. The van der Waals surface area contributed by atoms with Gasteiger partial charge in [0.05, 0.1) is 12.6 Å². The number of aromatic nitrogens is 2. The smallest absolute Gasteiger partial charge is 0.205 e. The Balaban J connectivity index is 1.98. The highest BCUT2D eigenvalue weighted by atomic mass is 35.5. The van der Waals surface area contributed by atoms with E-state index in [-0.39, 0.29) is 12.2 Å². The number of nitrogens with one attached hydrogen (secondary N) is 1. The van der Waals surface area contributed by atoms with E-state index in [1.54, 1.807) is 18.2 Å². The van der Waals surface area contributed by atoms with Crippen LogP contribution in [0.2, 0.25) is 0 Å². The molecular formula is C15H13ClFN3O2.